The van der Waals surface area contributed by atoms with Gasteiger partial charge in [0, 0.05) is 18.8 Å². The Hall–Kier alpha value is -2.53. The van der Waals surface area contributed by atoms with Gasteiger partial charge in [-0.05, 0) is 63.3 Å². The van der Waals surface area contributed by atoms with Crippen LogP contribution in [0.1, 0.15) is 25.0 Å². The van der Waals surface area contributed by atoms with E-state index < -0.39 is 0 Å². The van der Waals surface area contributed by atoms with E-state index in [1.54, 1.807) is 0 Å². The first-order valence-corrected chi connectivity index (χ1v) is 8.46. The van der Waals surface area contributed by atoms with Crippen molar-refractivity contribution in [3.8, 4) is 5.75 Å². The van der Waals surface area contributed by atoms with Crippen molar-refractivity contribution in [1.29, 1.82) is 0 Å². The smallest absolute Gasteiger partial charge is 0.319 e. The molecule has 0 radical (unpaired) electrons. The van der Waals surface area contributed by atoms with E-state index in [0.717, 1.165) is 23.5 Å². The molecule has 2 amide bonds. The highest BCUT2D eigenvalue weighted by Crippen LogP contribution is 2.16. The van der Waals surface area contributed by atoms with Crippen LogP contribution in [-0.2, 0) is 13.1 Å². The van der Waals surface area contributed by atoms with Gasteiger partial charge in [0.05, 0.1) is 6.10 Å². The zero-order valence-electron chi connectivity index (χ0n) is 15.4. The molecule has 0 unspecified atom stereocenters. The zero-order chi connectivity index (χ0) is 18.2. The van der Waals surface area contributed by atoms with Crippen LogP contribution in [0.25, 0.3) is 0 Å². The summed E-state index contributed by atoms with van der Waals surface area (Å²) in [6.07, 6.45) is 0.130. The molecule has 0 atom stereocenters. The molecule has 134 valence electrons. The largest absolute Gasteiger partial charge is 0.491 e. The van der Waals surface area contributed by atoms with Gasteiger partial charge in [0.15, 0.2) is 0 Å². The van der Waals surface area contributed by atoms with Gasteiger partial charge in [0.1, 0.15) is 5.75 Å². The van der Waals surface area contributed by atoms with E-state index in [9.17, 15) is 4.79 Å². The van der Waals surface area contributed by atoms with Gasteiger partial charge in [0.25, 0.3) is 0 Å². The van der Waals surface area contributed by atoms with Crippen LogP contribution in [0, 0.1) is 0 Å². The maximum absolute atomic E-state index is 12.0. The summed E-state index contributed by atoms with van der Waals surface area (Å²) in [6.45, 7) is 5.33. The fourth-order valence-corrected chi connectivity index (χ4v) is 2.45. The molecule has 25 heavy (non-hydrogen) atoms. The molecule has 2 aromatic carbocycles. The summed E-state index contributed by atoms with van der Waals surface area (Å²) in [5, 5.41) is 5.71. The van der Waals surface area contributed by atoms with E-state index in [4.69, 9.17) is 4.74 Å². The summed E-state index contributed by atoms with van der Waals surface area (Å²) < 4.78 is 5.59. The molecule has 0 bridgehead atoms. The van der Waals surface area contributed by atoms with Gasteiger partial charge in [-0.15, -0.1) is 0 Å². The SMILES string of the molecule is CC(C)Oc1ccc(NC(=O)NCc2cccc(CN(C)C)c2)cc1. The Morgan fingerprint density at radius 1 is 1.08 bits per heavy atom. The molecule has 2 aromatic rings. The lowest BCUT2D eigenvalue weighted by Crippen LogP contribution is -2.28. The Bertz CT molecular complexity index is 682. The first-order chi connectivity index (χ1) is 11.9. The van der Waals surface area contributed by atoms with Gasteiger partial charge < -0.3 is 20.3 Å². The Labute approximate surface area is 150 Å². The molecule has 0 aliphatic heterocycles. The molecule has 2 N–H and O–H groups in total. The fourth-order valence-electron chi connectivity index (χ4n) is 2.45. The number of nitrogens with one attached hydrogen (secondary N) is 2. The number of carbonyl (C=O) groups is 1. The number of rotatable bonds is 7. The first-order valence-electron chi connectivity index (χ1n) is 8.46. The molecule has 0 aromatic heterocycles. The normalized spacial score (nSPS) is 10.8. The van der Waals surface area contributed by atoms with Gasteiger partial charge in [-0.2, -0.15) is 0 Å². The molecule has 0 saturated heterocycles. The van der Waals surface area contributed by atoms with Crippen molar-refractivity contribution in [3.63, 3.8) is 0 Å². The monoisotopic (exact) mass is 341 g/mol. The number of amides is 2. The average Bonchev–Trinajstić information content (AvgIpc) is 2.54. The number of nitrogens with zero attached hydrogens (tertiary/aromatic N) is 1. The van der Waals surface area contributed by atoms with E-state index >= 15 is 0 Å². The number of hydrogen-bond acceptors (Lipinski definition) is 3. The number of hydrogen-bond donors (Lipinski definition) is 2. The van der Waals surface area contributed by atoms with Gasteiger partial charge in [-0.1, -0.05) is 24.3 Å². The Balaban J connectivity index is 1.84. The summed E-state index contributed by atoms with van der Waals surface area (Å²) in [5.74, 6) is 0.790. The molecule has 0 aliphatic rings. The van der Waals surface area contributed by atoms with Gasteiger partial charge >= 0.3 is 6.03 Å². The minimum atomic E-state index is -0.226. The second-order valence-corrected chi connectivity index (χ2v) is 6.56. The lowest BCUT2D eigenvalue weighted by atomic mass is 10.1. The molecule has 5 heteroatoms. The second-order valence-electron chi connectivity index (χ2n) is 6.56. The molecular weight excluding hydrogens is 314 g/mol. The van der Waals surface area contributed by atoms with Crippen molar-refractivity contribution in [3.05, 3.63) is 59.7 Å². The molecule has 5 nitrogen and oxygen atoms in total. The van der Waals surface area contributed by atoms with Crippen molar-refractivity contribution in [2.45, 2.75) is 33.0 Å². The predicted octanol–water partition coefficient (Wildman–Crippen LogP) is 3.86. The van der Waals surface area contributed by atoms with Crippen molar-refractivity contribution < 1.29 is 9.53 Å². The second kappa shape index (κ2) is 9.08. The minimum absolute atomic E-state index is 0.130. The van der Waals surface area contributed by atoms with Crippen LogP contribution in [0.15, 0.2) is 48.5 Å². The van der Waals surface area contributed by atoms with Crippen LogP contribution in [-0.4, -0.2) is 31.1 Å². The predicted molar refractivity (Wildman–Crippen MR) is 102 cm³/mol. The Morgan fingerprint density at radius 2 is 1.76 bits per heavy atom. The van der Waals surface area contributed by atoms with Gasteiger partial charge in [0.2, 0.25) is 0 Å². The van der Waals surface area contributed by atoms with E-state index in [2.05, 4.69) is 27.7 Å². The molecule has 0 spiro atoms. The molecule has 0 heterocycles. The van der Waals surface area contributed by atoms with Gasteiger partial charge in [-0.3, -0.25) is 0 Å². The summed E-state index contributed by atoms with van der Waals surface area (Å²) in [4.78, 5) is 14.2. The van der Waals surface area contributed by atoms with Crippen molar-refractivity contribution in [1.82, 2.24) is 10.2 Å². The standard InChI is InChI=1S/C20H27N3O2/c1-15(2)25-19-10-8-18(9-11-19)22-20(24)21-13-16-6-5-7-17(12-16)14-23(3)4/h5-12,15H,13-14H2,1-4H3,(H2,21,22,24). The minimum Gasteiger partial charge on any atom is -0.491 e. The average molecular weight is 341 g/mol. The topological polar surface area (TPSA) is 53.6 Å². The Morgan fingerprint density at radius 3 is 2.40 bits per heavy atom. The number of carbonyl (C=O) groups excluding carboxylic acids is 1. The van der Waals surface area contributed by atoms with Crippen LogP contribution in [0.4, 0.5) is 10.5 Å². The third-order valence-electron chi connectivity index (χ3n) is 3.43. The molecule has 0 saturated carbocycles. The van der Waals surface area contributed by atoms with E-state index in [0.29, 0.717) is 6.54 Å². The fraction of sp³-hybridized carbons (Fsp3) is 0.350. The van der Waals surface area contributed by atoms with Crippen LogP contribution in [0.5, 0.6) is 5.75 Å². The number of anilines is 1. The lowest BCUT2D eigenvalue weighted by Gasteiger charge is -2.12. The van der Waals surface area contributed by atoms with Gasteiger partial charge in [-0.25, -0.2) is 4.79 Å². The summed E-state index contributed by atoms with van der Waals surface area (Å²) in [6, 6.07) is 15.3. The maximum atomic E-state index is 12.0. The van der Waals surface area contributed by atoms with Crippen molar-refractivity contribution >= 4 is 11.7 Å². The summed E-state index contributed by atoms with van der Waals surface area (Å²) in [5.41, 5.74) is 3.04. The van der Waals surface area contributed by atoms with E-state index in [1.807, 2.05) is 64.3 Å². The summed E-state index contributed by atoms with van der Waals surface area (Å²) >= 11 is 0. The zero-order valence-corrected chi connectivity index (χ0v) is 15.4. The van der Waals surface area contributed by atoms with Crippen LogP contribution < -0.4 is 15.4 Å². The number of benzene rings is 2. The first kappa shape index (κ1) is 18.8. The molecule has 0 fully saturated rings. The van der Waals surface area contributed by atoms with Crippen molar-refractivity contribution in [2.24, 2.45) is 0 Å². The number of ether oxygens (including phenoxy) is 1. The van der Waals surface area contributed by atoms with Crippen molar-refractivity contribution in [2.75, 3.05) is 19.4 Å². The molecular formula is C20H27N3O2. The third kappa shape index (κ3) is 6.85. The highest BCUT2D eigenvalue weighted by atomic mass is 16.5. The summed E-state index contributed by atoms with van der Waals surface area (Å²) in [7, 11) is 4.08. The quantitative estimate of drug-likeness (QED) is 0.804. The van der Waals surface area contributed by atoms with Crippen LogP contribution >= 0.6 is 0 Å². The highest BCUT2D eigenvalue weighted by Gasteiger charge is 2.04. The molecule has 2 rings (SSSR count). The lowest BCUT2D eigenvalue weighted by molar-refractivity contribution is 0.242. The maximum Gasteiger partial charge on any atom is 0.319 e. The number of urea groups is 1. The molecule has 0 aliphatic carbocycles. The Kier molecular flexibility index (Phi) is 6.83. The highest BCUT2D eigenvalue weighted by molar-refractivity contribution is 5.89. The third-order valence-corrected chi connectivity index (χ3v) is 3.43. The van der Waals surface area contributed by atoms with Crippen LogP contribution in [0.3, 0.4) is 0 Å². The van der Waals surface area contributed by atoms with Crippen LogP contribution in [0.2, 0.25) is 0 Å². The van der Waals surface area contributed by atoms with E-state index in [-0.39, 0.29) is 12.1 Å². The van der Waals surface area contributed by atoms with E-state index in [1.165, 1.54) is 5.56 Å².